The molecule has 0 aromatic heterocycles. The third-order valence-corrected chi connectivity index (χ3v) is 5.48. The molecule has 0 N–H and O–H groups in total. The SMILES string of the molecule is CCCCCCN1C(=O)C(C#N)=C(C)/C(=C/C=C2C=CN(C(C)CC)C=C2)C1=O. The van der Waals surface area contributed by atoms with E-state index in [9.17, 15) is 14.9 Å². The number of rotatable bonds is 8. The van der Waals surface area contributed by atoms with Crippen LogP contribution in [0, 0.1) is 11.3 Å². The quantitative estimate of drug-likeness (QED) is 0.338. The summed E-state index contributed by atoms with van der Waals surface area (Å²) in [7, 11) is 0. The summed E-state index contributed by atoms with van der Waals surface area (Å²) in [5, 5.41) is 9.45. The van der Waals surface area contributed by atoms with E-state index in [0.29, 0.717) is 23.7 Å². The van der Waals surface area contributed by atoms with Gasteiger partial charge in [0.25, 0.3) is 11.8 Å². The number of amides is 2. The molecule has 2 aliphatic rings. The van der Waals surface area contributed by atoms with E-state index in [1.165, 1.54) is 4.90 Å². The highest BCUT2D eigenvalue weighted by Gasteiger charge is 2.34. The largest absolute Gasteiger partial charge is 0.352 e. The maximum Gasteiger partial charge on any atom is 0.271 e. The molecule has 0 aromatic carbocycles. The van der Waals surface area contributed by atoms with Crippen molar-refractivity contribution < 1.29 is 9.59 Å². The predicted molar refractivity (Wildman–Crippen MR) is 115 cm³/mol. The molecule has 2 aliphatic heterocycles. The number of allylic oxidation sites excluding steroid dienone is 5. The number of nitriles is 1. The molecular weight excluding hydrogens is 362 g/mol. The highest BCUT2D eigenvalue weighted by molar-refractivity contribution is 6.18. The first-order valence-electron chi connectivity index (χ1n) is 10.5. The van der Waals surface area contributed by atoms with Crippen molar-refractivity contribution in [3.63, 3.8) is 0 Å². The van der Waals surface area contributed by atoms with Crippen molar-refractivity contribution in [2.45, 2.75) is 65.8 Å². The van der Waals surface area contributed by atoms with Gasteiger partial charge in [-0.15, -0.1) is 0 Å². The molecule has 0 aromatic rings. The first-order chi connectivity index (χ1) is 13.9. The Kier molecular flexibility index (Phi) is 8.21. The van der Waals surface area contributed by atoms with E-state index < -0.39 is 5.91 Å². The summed E-state index contributed by atoms with van der Waals surface area (Å²) in [6.07, 6.45) is 16.5. The molecule has 0 aliphatic carbocycles. The predicted octanol–water partition coefficient (Wildman–Crippen LogP) is 4.77. The maximum atomic E-state index is 12.9. The molecule has 2 heterocycles. The van der Waals surface area contributed by atoms with Gasteiger partial charge in [-0.3, -0.25) is 14.5 Å². The number of imide groups is 1. The van der Waals surface area contributed by atoms with E-state index in [-0.39, 0.29) is 11.5 Å². The van der Waals surface area contributed by atoms with Crippen LogP contribution in [0.2, 0.25) is 0 Å². The van der Waals surface area contributed by atoms with Crippen molar-refractivity contribution in [1.29, 1.82) is 5.26 Å². The van der Waals surface area contributed by atoms with Gasteiger partial charge in [0.1, 0.15) is 11.6 Å². The van der Waals surface area contributed by atoms with E-state index >= 15 is 0 Å². The molecule has 0 fully saturated rings. The van der Waals surface area contributed by atoms with Crippen LogP contribution in [0.5, 0.6) is 0 Å². The molecule has 0 radical (unpaired) electrons. The van der Waals surface area contributed by atoms with Crippen LogP contribution in [0.3, 0.4) is 0 Å². The summed E-state index contributed by atoms with van der Waals surface area (Å²) >= 11 is 0. The van der Waals surface area contributed by atoms with E-state index in [1.54, 1.807) is 13.0 Å². The van der Waals surface area contributed by atoms with Crippen LogP contribution in [-0.2, 0) is 9.59 Å². The van der Waals surface area contributed by atoms with Gasteiger partial charge in [-0.1, -0.05) is 39.2 Å². The minimum Gasteiger partial charge on any atom is -0.352 e. The lowest BCUT2D eigenvalue weighted by Gasteiger charge is -2.27. The summed E-state index contributed by atoms with van der Waals surface area (Å²) < 4.78 is 0. The molecule has 154 valence electrons. The Bertz CT molecular complexity index is 821. The van der Waals surface area contributed by atoms with Crippen molar-refractivity contribution in [2.24, 2.45) is 0 Å². The van der Waals surface area contributed by atoms with Crippen LogP contribution in [0.1, 0.15) is 59.8 Å². The van der Waals surface area contributed by atoms with Crippen molar-refractivity contribution >= 4 is 11.8 Å². The summed E-state index contributed by atoms with van der Waals surface area (Å²) in [5.41, 5.74) is 1.88. The Morgan fingerprint density at radius 1 is 1.07 bits per heavy atom. The Labute approximate surface area is 174 Å². The molecule has 0 saturated carbocycles. The Balaban J connectivity index is 2.25. The monoisotopic (exact) mass is 393 g/mol. The minimum atomic E-state index is -0.474. The number of unbranched alkanes of at least 4 members (excludes halogenated alkanes) is 3. The molecule has 2 rings (SSSR count). The van der Waals surface area contributed by atoms with Gasteiger partial charge in [-0.25, -0.2) is 0 Å². The summed E-state index contributed by atoms with van der Waals surface area (Å²) in [6, 6.07) is 2.42. The van der Waals surface area contributed by atoms with Crippen LogP contribution in [0.4, 0.5) is 0 Å². The van der Waals surface area contributed by atoms with E-state index in [4.69, 9.17) is 0 Å². The Hall–Kier alpha value is -2.87. The van der Waals surface area contributed by atoms with Gasteiger partial charge in [0.05, 0.1) is 0 Å². The minimum absolute atomic E-state index is 0.0578. The zero-order valence-corrected chi connectivity index (χ0v) is 17.9. The molecule has 5 heteroatoms. The number of carbonyl (C=O) groups excluding carboxylic acids is 2. The lowest BCUT2D eigenvalue weighted by molar-refractivity contribution is -0.140. The second-order valence-corrected chi connectivity index (χ2v) is 7.52. The first-order valence-corrected chi connectivity index (χ1v) is 10.5. The van der Waals surface area contributed by atoms with Crippen LogP contribution >= 0.6 is 0 Å². The second kappa shape index (κ2) is 10.6. The number of carbonyl (C=O) groups is 2. The van der Waals surface area contributed by atoms with Gasteiger partial charge in [0.2, 0.25) is 0 Å². The highest BCUT2D eigenvalue weighted by Crippen LogP contribution is 2.26. The molecule has 2 amide bonds. The molecule has 29 heavy (non-hydrogen) atoms. The third kappa shape index (κ3) is 5.35. The summed E-state index contributed by atoms with van der Waals surface area (Å²) in [5.74, 6) is -0.789. The van der Waals surface area contributed by atoms with E-state index in [1.807, 2.05) is 36.7 Å². The van der Waals surface area contributed by atoms with Gasteiger partial charge < -0.3 is 4.90 Å². The zero-order chi connectivity index (χ0) is 21.4. The standard InChI is InChI=1S/C24H31N3O2/c1-5-7-8-9-14-27-23(28)21(19(4)22(17-25)24(27)29)11-10-20-12-15-26(16-13-20)18(3)6-2/h10-13,15-16,18H,5-9,14H2,1-4H3/b21-11-. The first kappa shape index (κ1) is 22.4. The van der Waals surface area contributed by atoms with Crippen LogP contribution in [-0.4, -0.2) is 34.2 Å². The Morgan fingerprint density at radius 2 is 1.76 bits per heavy atom. The molecular formula is C24H31N3O2. The number of hydrogen-bond donors (Lipinski definition) is 0. The molecule has 1 unspecified atom stereocenters. The Morgan fingerprint density at radius 3 is 2.34 bits per heavy atom. The van der Waals surface area contributed by atoms with Gasteiger partial charge in [0, 0.05) is 30.6 Å². The van der Waals surface area contributed by atoms with Gasteiger partial charge >= 0.3 is 0 Å². The lowest BCUT2D eigenvalue weighted by Crippen LogP contribution is -2.43. The maximum absolute atomic E-state index is 12.9. The molecule has 5 nitrogen and oxygen atoms in total. The van der Waals surface area contributed by atoms with Gasteiger partial charge in [-0.2, -0.15) is 5.26 Å². The summed E-state index contributed by atoms with van der Waals surface area (Å²) in [6.45, 7) is 8.45. The summed E-state index contributed by atoms with van der Waals surface area (Å²) in [4.78, 5) is 28.9. The zero-order valence-electron chi connectivity index (χ0n) is 17.9. The fraction of sp³-hybridized carbons (Fsp3) is 0.458. The van der Waals surface area contributed by atoms with Gasteiger partial charge in [0.15, 0.2) is 0 Å². The highest BCUT2D eigenvalue weighted by atomic mass is 16.2. The average molecular weight is 394 g/mol. The molecule has 0 spiro atoms. The topological polar surface area (TPSA) is 64.4 Å². The van der Waals surface area contributed by atoms with Crippen molar-refractivity contribution in [2.75, 3.05) is 6.54 Å². The van der Waals surface area contributed by atoms with E-state index in [0.717, 1.165) is 37.7 Å². The fourth-order valence-corrected chi connectivity index (χ4v) is 3.30. The number of nitrogens with zero attached hydrogens (tertiary/aromatic N) is 3. The van der Waals surface area contributed by atoms with Gasteiger partial charge in [-0.05, 0) is 56.1 Å². The van der Waals surface area contributed by atoms with Crippen molar-refractivity contribution in [1.82, 2.24) is 9.80 Å². The van der Waals surface area contributed by atoms with Crippen LogP contribution in [0.15, 0.2) is 59.0 Å². The molecule has 1 atom stereocenters. The molecule has 0 saturated heterocycles. The van der Waals surface area contributed by atoms with Crippen molar-refractivity contribution in [3.05, 3.63) is 59.0 Å². The smallest absolute Gasteiger partial charge is 0.271 e. The lowest BCUT2D eigenvalue weighted by atomic mass is 9.94. The van der Waals surface area contributed by atoms with Crippen LogP contribution in [0.25, 0.3) is 0 Å². The molecule has 0 bridgehead atoms. The van der Waals surface area contributed by atoms with Crippen LogP contribution < -0.4 is 0 Å². The average Bonchev–Trinajstić information content (AvgIpc) is 2.73. The van der Waals surface area contributed by atoms with Crippen molar-refractivity contribution in [3.8, 4) is 6.07 Å². The fourth-order valence-electron chi connectivity index (χ4n) is 3.30. The third-order valence-electron chi connectivity index (χ3n) is 5.48. The number of hydrogen-bond acceptors (Lipinski definition) is 4. The normalized spacial score (nSPS) is 19.3. The second-order valence-electron chi connectivity index (χ2n) is 7.52. The van der Waals surface area contributed by atoms with E-state index in [2.05, 4.69) is 25.7 Å².